The molecular formula is C21H39N3O4Si2. The number of esters is 1. The summed E-state index contributed by atoms with van der Waals surface area (Å²) in [5.74, 6) is 6.57. The van der Waals surface area contributed by atoms with Crippen molar-refractivity contribution in [3.05, 3.63) is 0 Å². The Balaban J connectivity index is 3.10. The third-order valence-electron chi connectivity index (χ3n) is 5.82. The van der Waals surface area contributed by atoms with Gasteiger partial charge in [-0.2, -0.15) is 0 Å². The molecule has 0 aromatic rings. The molecule has 0 spiro atoms. The van der Waals surface area contributed by atoms with E-state index in [0.717, 1.165) is 30.0 Å². The molecule has 0 bridgehead atoms. The fourth-order valence-corrected chi connectivity index (χ4v) is 13.5. The molecule has 0 aromatic carbocycles. The Labute approximate surface area is 184 Å². The predicted molar refractivity (Wildman–Crippen MR) is 126 cm³/mol. The second-order valence-corrected chi connectivity index (χ2v) is 16.1. The van der Waals surface area contributed by atoms with E-state index in [1.165, 1.54) is 6.92 Å². The number of amides is 1. The Kier molecular flexibility index (Phi) is 9.78. The van der Waals surface area contributed by atoms with Gasteiger partial charge in [0.05, 0.1) is 19.0 Å². The molecule has 0 fully saturated rings. The Morgan fingerprint density at radius 2 is 1.73 bits per heavy atom. The van der Waals surface area contributed by atoms with Crippen LogP contribution in [0.3, 0.4) is 0 Å². The zero-order valence-corrected chi connectivity index (χ0v) is 22.0. The molecule has 1 N–H and O–H groups in total. The number of rotatable bonds is 9. The summed E-state index contributed by atoms with van der Waals surface area (Å²) in [6, 6.07) is 3.95. The molecular weight excluding hydrogens is 414 g/mol. The summed E-state index contributed by atoms with van der Waals surface area (Å²) >= 11 is 0. The molecule has 1 heterocycles. The lowest BCUT2D eigenvalue weighted by Gasteiger charge is -2.49. The van der Waals surface area contributed by atoms with Crippen molar-refractivity contribution in [2.75, 3.05) is 13.2 Å². The van der Waals surface area contributed by atoms with E-state index in [-0.39, 0.29) is 18.9 Å². The van der Waals surface area contributed by atoms with E-state index in [9.17, 15) is 9.59 Å². The number of ether oxygens (including phenoxy) is 1. The average Bonchev–Trinajstić information content (AvgIpc) is 2.71. The Morgan fingerprint density at radius 1 is 1.13 bits per heavy atom. The van der Waals surface area contributed by atoms with Crippen molar-refractivity contribution in [3.8, 4) is 11.8 Å². The van der Waals surface area contributed by atoms with Crippen LogP contribution in [0.5, 0.6) is 0 Å². The van der Waals surface area contributed by atoms with Gasteiger partial charge in [0.15, 0.2) is 0 Å². The molecule has 7 nitrogen and oxygen atoms in total. The number of nitrogens with zero attached hydrogens (tertiary/aromatic N) is 2. The van der Waals surface area contributed by atoms with Gasteiger partial charge < -0.3 is 18.7 Å². The van der Waals surface area contributed by atoms with Crippen LogP contribution in [-0.2, 0) is 18.4 Å². The minimum absolute atomic E-state index is 0.186. The first kappa shape index (κ1) is 26.4. The number of amidine groups is 1. The molecule has 1 aliphatic heterocycles. The molecule has 1 amide bonds. The molecule has 9 heteroatoms. The summed E-state index contributed by atoms with van der Waals surface area (Å²) in [6.45, 7) is 16.4. The molecule has 30 heavy (non-hydrogen) atoms. The van der Waals surface area contributed by atoms with Crippen molar-refractivity contribution in [2.45, 2.75) is 91.5 Å². The summed E-state index contributed by atoms with van der Waals surface area (Å²) in [6.07, 6.45) is 0.186. The van der Waals surface area contributed by atoms with Gasteiger partial charge in [-0.3, -0.25) is 9.45 Å². The second kappa shape index (κ2) is 11.1. The smallest absolute Gasteiger partial charge is 0.332 e. The highest BCUT2D eigenvalue weighted by Crippen LogP contribution is 2.35. The van der Waals surface area contributed by atoms with E-state index in [0.29, 0.717) is 6.54 Å². The lowest BCUT2D eigenvalue weighted by molar-refractivity contribution is -0.152. The van der Waals surface area contributed by atoms with Crippen LogP contribution >= 0.6 is 0 Å². The Morgan fingerprint density at radius 3 is 2.20 bits per heavy atom. The van der Waals surface area contributed by atoms with Crippen molar-refractivity contribution in [1.82, 2.24) is 9.88 Å². The molecule has 0 saturated heterocycles. The van der Waals surface area contributed by atoms with Crippen molar-refractivity contribution >= 4 is 34.7 Å². The van der Waals surface area contributed by atoms with Crippen LogP contribution in [0.2, 0.25) is 24.2 Å². The van der Waals surface area contributed by atoms with Crippen LogP contribution in [0, 0.1) is 11.8 Å². The largest absolute Gasteiger partial charge is 0.464 e. The molecule has 1 rings (SSSR count). The molecule has 1 aliphatic rings. The summed E-state index contributed by atoms with van der Waals surface area (Å²) in [5, 5.41) is 2.69. The van der Waals surface area contributed by atoms with Crippen LogP contribution in [-0.4, -0.2) is 57.9 Å². The van der Waals surface area contributed by atoms with Gasteiger partial charge in [0.1, 0.15) is 5.54 Å². The number of carbonyl (C=O) groups is 2. The monoisotopic (exact) mass is 453 g/mol. The van der Waals surface area contributed by atoms with E-state index >= 15 is 0 Å². The van der Waals surface area contributed by atoms with Gasteiger partial charge in [0.25, 0.3) is 8.48 Å². The molecule has 0 aromatic heterocycles. The topological polar surface area (TPSA) is 80.2 Å². The minimum Gasteiger partial charge on any atom is -0.464 e. The standard InChI is InChI=1S/C21H39N3O4Si2/c1-9-27-20(26)21(8,22-19(7)25)16-14-15-17-24-18(6)23-29(10-2,11-3)28-30(24,12-4)13-5/h9-13,16-17H2,1-8H3,(H,22,25)/t21-/m0/s1. The maximum absolute atomic E-state index is 12.3. The summed E-state index contributed by atoms with van der Waals surface area (Å²) in [7, 11) is -4.24. The van der Waals surface area contributed by atoms with Gasteiger partial charge in [-0.15, -0.1) is 0 Å². The van der Waals surface area contributed by atoms with E-state index in [1.807, 2.05) is 0 Å². The molecule has 1 atom stereocenters. The van der Waals surface area contributed by atoms with Gasteiger partial charge in [-0.1, -0.05) is 39.5 Å². The molecule has 0 unspecified atom stereocenters. The second-order valence-electron chi connectivity index (χ2n) is 7.92. The first-order valence-electron chi connectivity index (χ1n) is 11.0. The van der Waals surface area contributed by atoms with Gasteiger partial charge >= 0.3 is 14.4 Å². The Hall–Kier alpha value is -1.64. The maximum Gasteiger partial charge on any atom is 0.332 e. The summed E-state index contributed by atoms with van der Waals surface area (Å²) in [5.41, 5.74) is -1.16. The number of carbonyl (C=O) groups excluding carboxylic acids is 2. The van der Waals surface area contributed by atoms with Crippen molar-refractivity contribution < 1.29 is 18.4 Å². The molecule has 0 radical (unpaired) electrons. The third-order valence-corrected chi connectivity index (χ3v) is 15.5. The zero-order chi connectivity index (χ0) is 23.0. The maximum atomic E-state index is 12.3. The summed E-state index contributed by atoms with van der Waals surface area (Å²) in [4.78, 5) is 23.9. The predicted octanol–water partition coefficient (Wildman–Crippen LogP) is 3.55. The van der Waals surface area contributed by atoms with Gasteiger partial charge in [-0.05, 0) is 44.9 Å². The molecule has 170 valence electrons. The highest BCUT2D eigenvalue weighted by atomic mass is 28.4. The van der Waals surface area contributed by atoms with E-state index in [2.05, 4.69) is 56.3 Å². The van der Waals surface area contributed by atoms with Crippen molar-refractivity contribution in [3.63, 3.8) is 0 Å². The number of hydrogen-bond donors (Lipinski definition) is 1. The lowest BCUT2D eigenvalue weighted by atomic mass is 9.98. The first-order valence-corrected chi connectivity index (χ1v) is 15.6. The van der Waals surface area contributed by atoms with Gasteiger partial charge in [0.2, 0.25) is 5.91 Å². The normalized spacial score (nSPS) is 19.1. The SMILES string of the molecule is CCOC(=O)[C@](C)(CC#CCN1C(C)=N[Si](CC)(CC)O[Si]1(CC)CC)NC(C)=O. The highest BCUT2D eigenvalue weighted by molar-refractivity contribution is 6.88. The third kappa shape index (κ3) is 5.96. The van der Waals surface area contributed by atoms with Crippen LogP contribution in [0.1, 0.15) is 61.8 Å². The fourth-order valence-electron chi connectivity index (χ4n) is 3.89. The van der Waals surface area contributed by atoms with E-state index in [4.69, 9.17) is 13.5 Å². The van der Waals surface area contributed by atoms with Gasteiger partial charge in [-0.25, -0.2) is 4.79 Å². The first-order chi connectivity index (χ1) is 14.1. The molecule has 0 aliphatic carbocycles. The van der Waals surface area contributed by atoms with Crippen LogP contribution in [0.4, 0.5) is 0 Å². The quantitative estimate of drug-likeness (QED) is 0.328. The zero-order valence-electron chi connectivity index (χ0n) is 20.0. The molecule has 0 saturated carbocycles. The average molecular weight is 454 g/mol. The Bertz CT molecular complexity index is 709. The van der Waals surface area contributed by atoms with Crippen LogP contribution in [0.25, 0.3) is 0 Å². The van der Waals surface area contributed by atoms with E-state index < -0.39 is 28.5 Å². The minimum atomic E-state index is -2.16. The van der Waals surface area contributed by atoms with Crippen molar-refractivity contribution in [1.29, 1.82) is 0 Å². The fraction of sp³-hybridized carbons (Fsp3) is 0.762. The van der Waals surface area contributed by atoms with Crippen molar-refractivity contribution in [2.24, 2.45) is 4.66 Å². The van der Waals surface area contributed by atoms with E-state index in [1.54, 1.807) is 13.8 Å². The number of nitrogens with one attached hydrogen (secondary N) is 1. The van der Waals surface area contributed by atoms with Gasteiger partial charge in [0, 0.05) is 13.3 Å². The van der Waals surface area contributed by atoms with Crippen LogP contribution < -0.4 is 5.32 Å². The lowest BCUT2D eigenvalue weighted by Crippen LogP contribution is -2.66. The highest BCUT2D eigenvalue weighted by Gasteiger charge is 2.50. The number of hydrogen-bond acceptors (Lipinski definition) is 6. The van der Waals surface area contributed by atoms with Crippen LogP contribution in [0.15, 0.2) is 4.66 Å². The summed E-state index contributed by atoms with van der Waals surface area (Å²) < 4.78 is 19.3.